The summed E-state index contributed by atoms with van der Waals surface area (Å²) in [6, 6.07) is 3.17. The molecule has 0 saturated carbocycles. The van der Waals surface area contributed by atoms with E-state index in [1.165, 1.54) is 53.1 Å². The maximum Gasteiger partial charge on any atom is 0.415 e. The number of nitrogens with two attached hydrogens (primary N) is 1. The van der Waals surface area contributed by atoms with Gasteiger partial charge in [0.2, 0.25) is 17.7 Å². The topological polar surface area (TPSA) is 362 Å². The van der Waals surface area contributed by atoms with Gasteiger partial charge in [-0.2, -0.15) is 0 Å². The molecule has 2 saturated heterocycles. The number of carbonyl (C=O) groups excluding carboxylic acids is 9. The molecule has 1 aromatic rings. The number of esters is 1. The van der Waals surface area contributed by atoms with E-state index in [2.05, 4.69) is 26.2 Å². The minimum absolute atomic E-state index is 0.00103. The predicted molar refractivity (Wildman–Crippen MR) is 333 cm³/mol. The van der Waals surface area contributed by atoms with Crippen LogP contribution in [0.25, 0.3) is 0 Å². The van der Waals surface area contributed by atoms with Crippen LogP contribution in [-0.4, -0.2) is 213 Å². The van der Waals surface area contributed by atoms with Crippen LogP contribution < -0.4 is 31.7 Å². The Balaban J connectivity index is 1.09. The SMILES string of the molecule is CCC(O)C(C)[C@H]1O[C@@H]1CC(C)(O)/C=C/C=C(\C)[C@H]1OC(=O)C[C@H](O)CC[C@@](C)(O)[C@@H](OC(=O)N2CCN(CCN(C)C(=O)Oc3ccc(NC(=O)C(CCCNC(N)=O)NC(=O)C(NC(=O)CCCCCN4C(=O)C=CC4=O)C(C)C)cc3)CC2)/C=C/[C@@H]1C. The third kappa shape index (κ3) is 23.9. The molecule has 26 heteroatoms. The molecule has 5 unspecified atom stereocenters. The number of cyclic esters (lactones) is 1. The summed E-state index contributed by atoms with van der Waals surface area (Å²) in [7, 11) is 1.58. The number of aliphatic hydroxyl groups is 4. The van der Waals surface area contributed by atoms with Crippen molar-refractivity contribution in [3.63, 3.8) is 0 Å². The molecule has 0 spiro atoms. The van der Waals surface area contributed by atoms with Crippen LogP contribution in [0.4, 0.5) is 20.1 Å². The number of primary amides is 1. The number of anilines is 1. The van der Waals surface area contributed by atoms with Crippen LogP contribution in [0.1, 0.15) is 126 Å². The smallest absolute Gasteiger partial charge is 0.415 e. The summed E-state index contributed by atoms with van der Waals surface area (Å²) in [5, 5.41) is 54.7. The molecule has 1 aromatic carbocycles. The Labute approximate surface area is 527 Å². The quantitative estimate of drug-likeness (QED) is 0.0137. The van der Waals surface area contributed by atoms with Gasteiger partial charge >= 0.3 is 24.2 Å². The Kier molecular flexibility index (Phi) is 28.4. The first-order valence-corrected chi connectivity index (χ1v) is 31.4. The molecule has 0 aliphatic carbocycles. The number of nitrogens with zero attached hydrogens (tertiary/aromatic N) is 4. The van der Waals surface area contributed by atoms with Crippen LogP contribution in [0.5, 0.6) is 5.75 Å². The summed E-state index contributed by atoms with van der Waals surface area (Å²) in [4.78, 5) is 121. The summed E-state index contributed by atoms with van der Waals surface area (Å²) in [6.45, 7) is 16.7. The number of likely N-dealkylation sites (N-methyl/N-ethyl adjacent to an activating group) is 1. The van der Waals surface area contributed by atoms with Crippen molar-refractivity contribution in [2.45, 2.75) is 186 Å². The van der Waals surface area contributed by atoms with Gasteiger partial charge in [-0.3, -0.25) is 38.6 Å². The highest BCUT2D eigenvalue weighted by Crippen LogP contribution is 2.38. The second-order valence-corrected chi connectivity index (χ2v) is 24.9. The van der Waals surface area contributed by atoms with E-state index in [1.807, 2.05) is 20.8 Å². The monoisotopic (exact) mass is 1260 g/mol. The number of allylic oxidation sites excluding steroid dienone is 2. The Hall–Kier alpha value is -7.23. The van der Waals surface area contributed by atoms with Crippen molar-refractivity contribution >= 4 is 59.4 Å². The van der Waals surface area contributed by atoms with Crippen molar-refractivity contribution in [3.05, 3.63) is 72.4 Å². The number of epoxide rings is 1. The molecular weight excluding hydrogens is 1170 g/mol. The lowest BCUT2D eigenvalue weighted by atomic mass is 9.88. The van der Waals surface area contributed by atoms with E-state index in [0.717, 1.165) is 4.90 Å². The van der Waals surface area contributed by atoms with Crippen molar-refractivity contribution in [3.8, 4) is 5.75 Å². The van der Waals surface area contributed by atoms with E-state index in [0.29, 0.717) is 63.0 Å². The standard InChI is InChI=1S/C64H97N9O17/c1-10-48(75)43(6)57-49(88-57)39-63(7,85)28-14-16-41(4)56-42(5)19-24-50(64(8,86)29-27-45(74)38-54(79)90-56)89-62(84)72-36-34-71(35-37-72)33-32-70(9)61(83)87-46-22-20-44(21-23-46)67-58(80)47(17-15-30-66-60(65)82)68-59(81)55(40(2)3)69-51(76)18-12-11-13-31-73-52(77)25-26-53(73)78/h14,16,19-26,28,40,42-43,45,47-50,55-57,74-75,85-86H,10-13,15,17-18,27,29-39H2,1-9H3,(H,67,80)(H,68,81)(H,69,76)(H3,65,66,82)/b24-19+,28-14+,41-16+/t42-,43?,45+,47?,48?,49+,50-,55?,56+,57+,63?,64+/m0/s1. The van der Waals surface area contributed by atoms with Crippen molar-refractivity contribution in [2.75, 3.05) is 64.7 Å². The highest BCUT2D eigenvalue weighted by molar-refractivity contribution is 6.12. The van der Waals surface area contributed by atoms with Gasteiger partial charge in [0.1, 0.15) is 29.5 Å². The zero-order valence-corrected chi connectivity index (χ0v) is 53.6. The van der Waals surface area contributed by atoms with Gasteiger partial charge in [-0.25, -0.2) is 14.4 Å². The highest BCUT2D eigenvalue weighted by atomic mass is 16.6. The number of amides is 9. The van der Waals surface area contributed by atoms with Crippen molar-refractivity contribution < 1.29 is 82.5 Å². The van der Waals surface area contributed by atoms with Crippen LogP contribution in [0.3, 0.4) is 0 Å². The highest BCUT2D eigenvalue weighted by Gasteiger charge is 2.47. The molecule has 0 aromatic heterocycles. The summed E-state index contributed by atoms with van der Waals surface area (Å²) >= 11 is 0. The predicted octanol–water partition coefficient (Wildman–Crippen LogP) is 3.96. The molecule has 12 atom stereocenters. The lowest BCUT2D eigenvalue weighted by molar-refractivity contribution is -0.151. The number of piperazine rings is 1. The van der Waals surface area contributed by atoms with Crippen LogP contribution >= 0.6 is 0 Å². The lowest BCUT2D eigenvalue weighted by Crippen LogP contribution is -2.54. The van der Waals surface area contributed by atoms with Gasteiger partial charge in [0, 0.05) is 102 Å². The minimum Gasteiger partial charge on any atom is -0.457 e. The number of nitrogens with one attached hydrogen (secondary N) is 4. The zero-order valence-electron chi connectivity index (χ0n) is 53.6. The maximum absolute atomic E-state index is 13.8. The lowest BCUT2D eigenvalue weighted by Gasteiger charge is -2.37. The molecule has 4 aliphatic heterocycles. The first kappa shape index (κ1) is 73.5. The molecule has 500 valence electrons. The second kappa shape index (κ2) is 34.8. The van der Waals surface area contributed by atoms with E-state index in [4.69, 9.17) is 24.7 Å². The van der Waals surface area contributed by atoms with Gasteiger partial charge in [-0.1, -0.05) is 65.3 Å². The van der Waals surface area contributed by atoms with E-state index in [-0.39, 0.29) is 119 Å². The summed E-state index contributed by atoms with van der Waals surface area (Å²) in [6.07, 6.45) is 8.16. The number of imide groups is 1. The number of hydrogen-bond acceptors (Lipinski definition) is 18. The Bertz CT molecular complexity index is 2730. The Morgan fingerprint density at radius 3 is 2.27 bits per heavy atom. The molecular formula is C64H97N9O17. The van der Waals surface area contributed by atoms with E-state index < -0.39 is 89.6 Å². The van der Waals surface area contributed by atoms with Gasteiger partial charge < -0.3 is 76.2 Å². The Morgan fingerprint density at radius 2 is 1.62 bits per heavy atom. The summed E-state index contributed by atoms with van der Waals surface area (Å²) < 4.78 is 23.3. The van der Waals surface area contributed by atoms with E-state index >= 15 is 0 Å². The fourth-order valence-electron chi connectivity index (χ4n) is 10.7. The molecule has 0 radical (unpaired) electrons. The number of urea groups is 1. The van der Waals surface area contributed by atoms with Crippen LogP contribution in [-0.2, 0) is 43.0 Å². The molecule has 90 heavy (non-hydrogen) atoms. The fraction of sp³-hybridized carbons (Fsp3) is 0.641. The molecule has 10 N–H and O–H groups in total. The van der Waals surface area contributed by atoms with Crippen LogP contribution in [0, 0.1) is 17.8 Å². The molecule has 2 fully saturated rings. The van der Waals surface area contributed by atoms with Gasteiger partial charge in [0.15, 0.2) is 6.10 Å². The number of hydrogen-bond donors (Lipinski definition) is 9. The summed E-state index contributed by atoms with van der Waals surface area (Å²) in [5.74, 6) is -3.67. The first-order chi connectivity index (χ1) is 42.5. The minimum atomic E-state index is -1.63. The van der Waals surface area contributed by atoms with Crippen molar-refractivity contribution in [1.29, 1.82) is 0 Å². The van der Waals surface area contributed by atoms with Gasteiger partial charge in [0.25, 0.3) is 11.8 Å². The largest absolute Gasteiger partial charge is 0.457 e. The van der Waals surface area contributed by atoms with Crippen LogP contribution in [0.2, 0.25) is 0 Å². The molecule has 0 bridgehead atoms. The number of aliphatic hydroxyl groups excluding tert-OH is 2. The fourth-order valence-corrected chi connectivity index (χ4v) is 10.7. The number of carbonyl (C=O) groups is 9. The number of unbranched alkanes of at least 4 members (excludes halogenated alkanes) is 2. The van der Waals surface area contributed by atoms with Gasteiger partial charge in [0.05, 0.1) is 36.4 Å². The number of rotatable bonds is 29. The molecule has 4 heterocycles. The molecule has 4 aliphatic rings. The number of ether oxygens (including phenoxy) is 4. The third-order valence-electron chi connectivity index (χ3n) is 16.7. The average Bonchev–Trinajstić information content (AvgIpc) is 3.65. The second-order valence-electron chi connectivity index (χ2n) is 24.9. The zero-order chi connectivity index (χ0) is 66.5. The molecule has 26 nitrogen and oxygen atoms in total. The average molecular weight is 1260 g/mol. The summed E-state index contributed by atoms with van der Waals surface area (Å²) in [5.41, 5.74) is 3.31. The third-order valence-corrected chi connectivity index (χ3v) is 16.7. The number of benzene rings is 1. The maximum atomic E-state index is 13.8. The van der Waals surface area contributed by atoms with Crippen molar-refractivity contribution in [1.82, 2.24) is 35.6 Å². The normalized spacial score (nSPS) is 25.0. The van der Waals surface area contributed by atoms with Gasteiger partial charge in [-0.15, -0.1) is 0 Å². The Morgan fingerprint density at radius 1 is 0.944 bits per heavy atom. The van der Waals surface area contributed by atoms with E-state index in [9.17, 15) is 63.6 Å². The van der Waals surface area contributed by atoms with Crippen LogP contribution in [0.15, 0.2) is 72.4 Å². The van der Waals surface area contributed by atoms with E-state index in [1.54, 1.807) is 65.1 Å². The van der Waals surface area contributed by atoms with Crippen molar-refractivity contribution in [2.24, 2.45) is 23.5 Å². The molecule has 9 amide bonds. The molecule has 5 rings (SSSR count). The first-order valence-electron chi connectivity index (χ1n) is 31.4. The van der Waals surface area contributed by atoms with Gasteiger partial charge in [-0.05, 0) is 108 Å².